The van der Waals surface area contributed by atoms with Crippen molar-refractivity contribution in [1.29, 1.82) is 0 Å². The Morgan fingerprint density at radius 1 is 1.57 bits per heavy atom. The predicted octanol–water partition coefficient (Wildman–Crippen LogP) is 0.975. The van der Waals surface area contributed by atoms with E-state index in [9.17, 15) is 9.59 Å². The topological polar surface area (TPSA) is 80.4 Å². The molecule has 1 unspecified atom stereocenters. The quantitative estimate of drug-likeness (QED) is 0.821. The standard InChI is InChI=1S/C15H18N4O3S/c1-18(2)11(12-4-3-6-22-12)9-16-13(20)10-8-17-15-19(14(10)21)5-7-23-15/h3-4,6,8,11H,5,7,9H2,1-2H3,(H,16,20). The summed E-state index contributed by atoms with van der Waals surface area (Å²) in [6.45, 7) is 0.939. The zero-order chi connectivity index (χ0) is 16.4. The first-order valence-corrected chi connectivity index (χ1v) is 8.27. The van der Waals surface area contributed by atoms with E-state index in [4.69, 9.17) is 4.42 Å². The Hall–Kier alpha value is -2.06. The van der Waals surface area contributed by atoms with Crippen LogP contribution in [0.2, 0.25) is 0 Å². The maximum Gasteiger partial charge on any atom is 0.267 e. The second-order valence-electron chi connectivity index (χ2n) is 5.46. The summed E-state index contributed by atoms with van der Waals surface area (Å²) >= 11 is 1.52. The van der Waals surface area contributed by atoms with Gasteiger partial charge in [-0.2, -0.15) is 0 Å². The Balaban J connectivity index is 1.74. The molecule has 1 amide bonds. The van der Waals surface area contributed by atoms with Crippen molar-refractivity contribution in [2.75, 3.05) is 26.4 Å². The van der Waals surface area contributed by atoms with Gasteiger partial charge in [-0.3, -0.25) is 19.1 Å². The van der Waals surface area contributed by atoms with E-state index in [2.05, 4.69) is 10.3 Å². The van der Waals surface area contributed by atoms with Crippen LogP contribution < -0.4 is 10.9 Å². The molecule has 0 saturated heterocycles. The van der Waals surface area contributed by atoms with Crippen molar-refractivity contribution < 1.29 is 9.21 Å². The van der Waals surface area contributed by atoms with Crippen LogP contribution >= 0.6 is 11.8 Å². The van der Waals surface area contributed by atoms with Crippen molar-refractivity contribution in [3.8, 4) is 0 Å². The monoisotopic (exact) mass is 334 g/mol. The number of hydrogen-bond acceptors (Lipinski definition) is 6. The predicted molar refractivity (Wildman–Crippen MR) is 86.7 cm³/mol. The van der Waals surface area contributed by atoms with Gasteiger partial charge in [-0.05, 0) is 26.2 Å². The number of nitrogens with one attached hydrogen (secondary N) is 1. The van der Waals surface area contributed by atoms with Crippen LogP contribution in [0.1, 0.15) is 22.2 Å². The second-order valence-corrected chi connectivity index (χ2v) is 6.53. The van der Waals surface area contributed by atoms with Gasteiger partial charge in [-0.1, -0.05) is 11.8 Å². The lowest BCUT2D eigenvalue weighted by atomic mass is 10.2. The molecule has 0 aromatic carbocycles. The molecular weight excluding hydrogens is 316 g/mol. The van der Waals surface area contributed by atoms with E-state index in [0.29, 0.717) is 18.2 Å². The molecule has 0 spiro atoms. The first kappa shape index (κ1) is 15.8. The average molecular weight is 334 g/mol. The van der Waals surface area contributed by atoms with Crippen LogP contribution in [0.25, 0.3) is 0 Å². The van der Waals surface area contributed by atoms with E-state index in [1.54, 1.807) is 10.8 Å². The third-order valence-corrected chi connectivity index (χ3v) is 4.72. The number of amides is 1. The number of likely N-dealkylation sites (N-methyl/N-ethyl adjacent to an activating group) is 1. The molecule has 8 heteroatoms. The van der Waals surface area contributed by atoms with Gasteiger partial charge in [0.2, 0.25) is 0 Å². The first-order valence-electron chi connectivity index (χ1n) is 7.28. The number of fused-ring (bicyclic) bond motifs is 1. The smallest absolute Gasteiger partial charge is 0.267 e. The number of aromatic nitrogens is 2. The summed E-state index contributed by atoms with van der Waals surface area (Å²) in [5, 5.41) is 3.47. The number of thioether (sulfide) groups is 1. The van der Waals surface area contributed by atoms with Crippen molar-refractivity contribution in [3.63, 3.8) is 0 Å². The molecule has 1 N–H and O–H groups in total. The largest absolute Gasteiger partial charge is 0.468 e. The normalized spacial score (nSPS) is 14.7. The van der Waals surface area contributed by atoms with Gasteiger partial charge in [0.15, 0.2) is 5.16 Å². The van der Waals surface area contributed by atoms with Gasteiger partial charge in [0.1, 0.15) is 11.3 Å². The van der Waals surface area contributed by atoms with E-state index >= 15 is 0 Å². The van der Waals surface area contributed by atoms with Crippen molar-refractivity contribution >= 4 is 17.7 Å². The molecule has 3 rings (SSSR count). The highest BCUT2D eigenvalue weighted by molar-refractivity contribution is 7.99. The summed E-state index contributed by atoms with van der Waals surface area (Å²) in [6.07, 6.45) is 2.96. The Labute approximate surface area is 137 Å². The van der Waals surface area contributed by atoms with E-state index in [1.807, 2.05) is 31.1 Å². The highest BCUT2D eigenvalue weighted by atomic mass is 32.2. The van der Waals surface area contributed by atoms with Gasteiger partial charge < -0.3 is 9.73 Å². The fraction of sp³-hybridized carbons (Fsp3) is 0.400. The van der Waals surface area contributed by atoms with Crippen molar-refractivity contribution in [1.82, 2.24) is 19.8 Å². The van der Waals surface area contributed by atoms with Gasteiger partial charge in [0.05, 0.1) is 12.3 Å². The Bertz CT molecular complexity index is 755. The summed E-state index contributed by atoms with van der Waals surface area (Å²) < 4.78 is 6.96. The summed E-state index contributed by atoms with van der Waals surface area (Å²) in [5.41, 5.74) is -0.204. The molecule has 1 atom stereocenters. The molecule has 3 heterocycles. The van der Waals surface area contributed by atoms with Crippen LogP contribution in [-0.2, 0) is 6.54 Å². The molecule has 0 aliphatic carbocycles. The number of rotatable bonds is 5. The molecule has 1 aliphatic rings. The summed E-state index contributed by atoms with van der Waals surface area (Å²) in [4.78, 5) is 30.8. The Morgan fingerprint density at radius 3 is 3.09 bits per heavy atom. The second kappa shape index (κ2) is 6.59. The number of carbonyl (C=O) groups is 1. The third-order valence-electron chi connectivity index (χ3n) is 3.75. The van der Waals surface area contributed by atoms with E-state index in [-0.39, 0.29) is 17.2 Å². The molecule has 2 aromatic heterocycles. The molecular formula is C15H18N4O3S. The lowest BCUT2D eigenvalue weighted by Gasteiger charge is -2.22. The summed E-state index contributed by atoms with van der Waals surface area (Å²) in [7, 11) is 3.81. The van der Waals surface area contributed by atoms with Crippen molar-refractivity contribution in [3.05, 3.63) is 46.3 Å². The molecule has 23 heavy (non-hydrogen) atoms. The number of furan rings is 1. The Morgan fingerprint density at radius 2 is 2.39 bits per heavy atom. The minimum atomic E-state index is -0.409. The first-order chi connectivity index (χ1) is 11.1. The molecule has 7 nitrogen and oxygen atoms in total. The van der Waals surface area contributed by atoms with Crippen molar-refractivity contribution in [2.45, 2.75) is 17.7 Å². The molecule has 2 aromatic rings. The van der Waals surface area contributed by atoms with E-state index < -0.39 is 5.91 Å². The number of carbonyl (C=O) groups excluding carboxylic acids is 1. The lowest BCUT2D eigenvalue weighted by Crippen LogP contribution is -2.38. The van der Waals surface area contributed by atoms with E-state index in [1.165, 1.54) is 18.0 Å². The van der Waals surface area contributed by atoms with Gasteiger partial charge in [0, 0.05) is 25.0 Å². The third kappa shape index (κ3) is 3.18. The van der Waals surface area contributed by atoms with Crippen molar-refractivity contribution in [2.24, 2.45) is 0 Å². The van der Waals surface area contributed by atoms with Gasteiger partial charge in [-0.15, -0.1) is 0 Å². The van der Waals surface area contributed by atoms with Crippen LogP contribution in [0, 0.1) is 0 Å². The van der Waals surface area contributed by atoms with Crippen LogP contribution in [-0.4, -0.2) is 46.8 Å². The fourth-order valence-electron chi connectivity index (χ4n) is 2.48. The van der Waals surface area contributed by atoms with Gasteiger partial charge in [0.25, 0.3) is 11.5 Å². The fourth-order valence-corrected chi connectivity index (χ4v) is 3.39. The molecule has 1 aliphatic heterocycles. The van der Waals surface area contributed by atoms with Crippen LogP contribution in [0.4, 0.5) is 0 Å². The minimum absolute atomic E-state index is 0.0770. The zero-order valence-corrected chi connectivity index (χ0v) is 13.8. The maximum absolute atomic E-state index is 12.3. The Kier molecular flexibility index (Phi) is 4.53. The minimum Gasteiger partial charge on any atom is -0.468 e. The van der Waals surface area contributed by atoms with Crippen LogP contribution in [0.5, 0.6) is 0 Å². The van der Waals surface area contributed by atoms with Crippen LogP contribution in [0.15, 0.2) is 39.0 Å². The highest BCUT2D eigenvalue weighted by Gasteiger charge is 2.22. The van der Waals surface area contributed by atoms with E-state index in [0.717, 1.165) is 11.5 Å². The molecule has 0 bridgehead atoms. The van der Waals surface area contributed by atoms with Gasteiger partial charge in [-0.25, -0.2) is 4.98 Å². The summed E-state index contributed by atoms with van der Waals surface area (Å²) in [6, 6.07) is 3.57. The maximum atomic E-state index is 12.3. The van der Waals surface area contributed by atoms with Gasteiger partial charge >= 0.3 is 0 Å². The number of nitrogens with zero attached hydrogens (tertiary/aromatic N) is 3. The highest BCUT2D eigenvalue weighted by Crippen LogP contribution is 2.21. The summed E-state index contributed by atoms with van der Waals surface area (Å²) in [5.74, 6) is 1.16. The lowest BCUT2D eigenvalue weighted by molar-refractivity contribution is 0.0936. The zero-order valence-electron chi connectivity index (χ0n) is 13.0. The van der Waals surface area contributed by atoms with Crippen LogP contribution in [0.3, 0.4) is 0 Å². The molecule has 0 saturated carbocycles. The molecule has 0 radical (unpaired) electrons. The number of hydrogen-bond donors (Lipinski definition) is 1. The average Bonchev–Trinajstić information content (AvgIpc) is 3.18. The SMILES string of the molecule is CN(C)C(CNC(=O)c1cnc2n(c1=O)CCS2)c1ccco1. The molecule has 122 valence electrons. The molecule has 0 fully saturated rings.